The Morgan fingerprint density at radius 2 is 1.50 bits per heavy atom. The zero-order valence-corrected chi connectivity index (χ0v) is 12.3. The molecule has 1 nitrogen and oxygen atoms in total. The first kappa shape index (κ1) is 13.2. The number of alkyl halides is 1. The molecule has 0 fully saturated rings. The SMILES string of the molecule is Cc1cc(-c2ccc(CCBr)cc2)cc(C)c1O. The van der Waals surface area contributed by atoms with Crippen LogP contribution in [0.5, 0.6) is 5.75 Å². The molecule has 0 unspecified atom stereocenters. The van der Waals surface area contributed by atoms with Crippen LogP contribution in [0.4, 0.5) is 0 Å². The molecular weight excluding hydrogens is 288 g/mol. The third kappa shape index (κ3) is 2.75. The van der Waals surface area contributed by atoms with Crippen LogP contribution in [0.15, 0.2) is 36.4 Å². The largest absolute Gasteiger partial charge is 0.507 e. The summed E-state index contributed by atoms with van der Waals surface area (Å²) in [5, 5.41) is 10.8. The number of hydrogen-bond donors (Lipinski definition) is 1. The van der Waals surface area contributed by atoms with E-state index in [0.717, 1.165) is 28.4 Å². The van der Waals surface area contributed by atoms with Crippen molar-refractivity contribution in [2.24, 2.45) is 0 Å². The van der Waals surface area contributed by atoms with Crippen molar-refractivity contribution in [3.8, 4) is 16.9 Å². The van der Waals surface area contributed by atoms with Gasteiger partial charge >= 0.3 is 0 Å². The van der Waals surface area contributed by atoms with Gasteiger partial charge in [-0.05, 0) is 60.2 Å². The average Bonchev–Trinajstić information content (AvgIpc) is 2.37. The number of phenols is 1. The second kappa shape index (κ2) is 5.57. The van der Waals surface area contributed by atoms with E-state index in [0.29, 0.717) is 5.75 Å². The minimum atomic E-state index is 0.398. The highest BCUT2D eigenvalue weighted by Crippen LogP contribution is 2.29. The van der Waals surface area contributed by atoms with Gasteiger partial charge in [0.2, 0.25) is 0 Å². The van der Waals surface area contributed by atoms with Gasteiger partial charge in [-0.1, -0.05) is 40.2 Å². The standard InChI is InChI=1S/C16H17BrO/c1-11-9-15(10-12(2)16(11)18)14-5-3-13(4-6-14)7-8-17/h3-6,9-10,18H,7-8H2,1-2H3. The van der Waals surface area contributed by atoms with Crippen LogP contribution in [0.3, 0.4) is 0 Å². The molecule has 0 aliphatic carbocycles. The fourth-order valence-corrected chi connectivity index (χ4v) is 2.55. The summed E-state index contributed by atoms with van der Waals surface area (Å²) in [6.07, 6.45) is 1.05. The molecule has 2 heteroatoms. The van der Waals surface area contributed by atoms with Crippen molar-refractivity contribution in [1.29, 1.82) is 0 Å². The maximum atomic E-state index is 9.79. The number of aromatic hydroxyl groups is 1. The lowest BCUT2D eigenvalue weighted by Crippen LogP contribution is -1.87. The second-order valence-electron chi connectivity index (χ2n) is 4.59. The number of hydrogen-bond acceptors (Lipinski definition) is 1. The summed E-state index contributed by atoms with van der Waals surface area (Å²) in [4.78, 5) is 0. The zero-order valence-electron chi connectivity index (χ0n) is 10.7. The summed E-state index contributed by atoms with van der Waals surface area (Å²) in [6.45, 7) is 3.87. The van der Waals surface area contributed by atoms with Crippen LogP contribution in [0.1, 0.15) is 16.7 Å². The first-order chi connectivity index (χ1) is 8.61. The molecule has 2 rings (SSSR count). The molecule has 0 aliphatic heterocycles. The molecule has 18 heavy (non-hydrogen) atoms. The van der Waals surface area contributed by atoms with Gasteiger partial charge in [0.25, 0.3) is 0 Å². The van der Waals surface area contributed by atoms with Crippen LogP contribution in [0.2, 0.25) is 0 Å². The Labute approximate surface area is 117 Å². The summed E-state index contributed by atoms with van der Waals surface area (Å²) in [7, 11) is 0. The van der Waals surface area contributed by atoms with Crippen molar-refractivity contribution >= 4 is 15.9 Å². The van der Waals surface area contributed by atoms with Gasteiger partial charge in [0.05, 0.1) is 0 Å². The van der Waals surface area contributed by atoms with E-state index in [4.69, 9.17) is 0 Å². The van der Waals surface area contributed by atoms with E-state index in [9.17, 15) is 5.11 Å². The quantitative estimate of drug-likeness (QED) is 0.821. The van der Waals surface area contributed by atoms with E-state index >= 15 is 0 Å². The highest BCUT2D eigenvalue weighted by Gasteiger charge is 2.05. The van der Waals surface area contributed by atoms with E-state index < -0.39 is 0 Å². The monoisotopic (exact) mass is 304 g/mol. The molecular formula is C16H17BrO. The van der Waals surface area contributed by atoms with Gasteiger partial charge in [-0.3, -0.25) is 0 Å². The van der Waals surface area contributed by atoms with Crippen molar-refractivity contribution in [2.75, 3.05) is 5.33 Å². The van der Waals surface area contributed by atoms with Gasteiger partial charge in [0.15, 0.2) is 0 Å². The molecule has 0 saturated carbocycles. The lowest BCUT2D eigenvalue weighted by molar-refractivity contribution is 0.467. The third-order valence-corrected chi connectivity index (χ3v) is 3.56. The molecule has 0 heterocycles. The molecule has 2 aromatic rings. The Hall–Kier alpha value is -1.28. The predicted molar refractivity (Wildman–Crippen MR) is 80.5 cm³/mol. The highest BCUT2D eigenvalue weighted by molar-refractivity contribution is 9.09. The van der Waals surface area contributed by atoms with Gasteiger partial charge in [0.1, 0.15) is 5.75 Å². The second-order valence-corrected chi connectivity index (χ2v) is 5.39. The molecule has 0 aliphatic rings. The predicted octanol–water partition coefficient (Wildman–Crippen LogP) is 4.61. The Kier molecular flexibility index (Phi) is 4.07. The van der Waals surface area contributed by atoms with Gasteiger partial charge in [-0.25, -0.2) is 0 Å². The van der Waals surface area contributed by atoms with Gasteiger partial charge in [0, 0.05) is 5.33 Å². The van der Waals surface area contributed by atoms with Crippen LogP contribution in [-0.4, -0.2) is 10.4 Å². The maximum absolute atomic E-state index is 9.79. The van der Waals surface area contributed by atoms with E-state index in [2.05, 4.69) is 40.2 Å². The average molecular weight is 305 g/mol. The molecule has 2 aromatic carbocycles. The Bertz CT molecular complexity index is 521. The molecule has 0 aromatic heterocycles. The topological polar surface area (TPSA) is 20.2 Å². The van der Waals surface area contributed by atoms with Gasteiger partial charge in [-0.15, -0.1) is 0 Å². The molecule has 0 saturated heterocycles. The first-order valence-corrected chi connectivity index (χ1v) is 7.19. The molecule has 94 valence electrons. The lowest BCUT2D eigenvalue weighted by atomic mass is 9.98. The van der Waals surface area contributed by atoms with Crippen LogP contribution in [-0.2, 0) is 6.42 Å². The molecule has 0 amide bonds. The highest BCUT2D eigenvalue weighted by atomic mass is 79.9. The first-order valence-electron chi connectivity index (χ1n) is 6.07. The van der Waals surface area contributed by atoms with Crippen LogP contribution < -0.4 is 0 Å². The van der Waals surface area contributed by atoms with Crippen LogP contribution >= 0.6 is 15.9 Å². The minimum absolute atomic E-state index is 0.398. The molecule has 1 N–H and O–H groups in total. The molecule has 0 bridgehead atoms. The number of phenolic OH excluding ortho intramolecular Hbond substituents is 1. The number of halogens is 1. The van der Waals surface area contributed by atoms with E-state index in [1.807, 2.05) is 26.0 Å². The van der Waals surface area contributed by atoms with Crippen molar-refractivity contribution in [2.45, 2.75) is 20.3 Å². The number of aryl methyl sites for hydroxylation is 3. The fraction of sp³-hybridized carbons (Fsp3) is 0.250. The van der Waals surface area contributed by atoms with Crippen molar-refractivity contribution in [3.05, 3.63) is 53.1 Å². The summed E-state index contributed by atoms with van der Waals surface area (Å²) < 4.78 is 0. The number of rotatable bonds is 3. The smallest absolute Gasteiger partial charge is 0.121 e. The van der Waals surface area contributed by atoms with Crippen molar-refractivity contribution in [3.63, 3.8) is 0 Å². The summed E-state index contributed by atoms with van der Waals surface area (Å²) in [6, 6.07) is 12.7. The van der Waals surface area contributed by atoms with Crippen LogP contribution in [0, 0.1) is 13.8 Å². The molecule has 0 spiro atoms. The van der Waals surface area contributed by atoms with E-state index in [1.165, 1.54) is 11.1 Å². The normalized spacial score (nSPS) is 10.6. The van der Waals surface area contributed by atoms with Gasteiger partial charge < -0.3 is 5.11 Å². The fourth-order valence-electron chi connectivity index (χ4n) is 2.10. The van der Waals surface area contributed by atoms with Crippen LogP contribution in [0.25, 0.3) is 11.1 Å². The van der Waals surface area contributed by atoms with Crippen molar-refractivity contribution < 1.29 is 5.11 Å². The lowest BCUT2D eigenvalue weighted by Gasteiger charge is -2.09. The molecule has 0 radical (unpaired) electrons. The number of benzene rings is 2. The third-order valence-electron chi connectivity index (χ3n) is 3.16. The maximum Gasteiger partial charge on any atom is 0.121 e. The Balaban J connectivity index is 2.36. The summed E-state index contributed by atoms with van der Waals surface area (Å²) in [5.41, 5.74) is 5.54. The summed E-state index contributed by atoms with van der Waals surface area (Å²) in [5.74, 6) is 0.398. The van der Waals surface area contributed by atoms with Crippen molar-refractivity contribution in [1.82, 2.24) is 0 Å². The van der Waals surface area contributed by atoms with Gasteiger partial charge in [-0.2, -0.15) is 0 Å². The van der Waals surface area contributed by atoms with E-state index in [-0.39, 0.29) is 0 Å². The summed E-state index contributed by atoms with van der Waals surface area (Å²) >= 11 is 3.45. The van der Waals surface area contributed by atoms with E-state index in [1.54, 1.807) is 0 Å². The minimum Gasteiger partial charge on any atom is -0.507 e. The molecule has 0 atom stereocenters. The Morgan fingerprint density at radius 3 is 2.00 bits per heavy atom. The Morgan fingerprint density at radius 1 is 0.944 bits per heavy atom. The zero-order chi connectivity index (χ0) is 13.1.